The Labute approximate surface area is 96.6 Å². The van der Waals surface area contributed by atoms with Gasteiger partial charge in [-0.05, 0) is 31.9 Å². The summed E-state index contributed by atoms with van der Waals surface area (Å²) in [5.74, 6) is 1.77. The van der Waals surface area contributed by atoms with Gasteiger partial charge in [0.15, 0.2) is 0 Å². The van der Waals surface area contributed by atoms with Crippen molar-refractivity contribution < 1.29 is 14.3 Å². The van der Waals surface area contributed by atoms with E-state index in [2.05, 4.69) is 12.2 Å². The van der Waals surface area contributed by atoms with E-state index in [4.69, 9.17) is 14.3 Å². The van der Waals surface area contributed by atoms with Gasteiger partial charge in [0.25, 0.3) is 0 Å². The van der Waals surface area contributed by atoms with Crippen LogP contribution in [0.4, 0.5) is 0 Å². The Bertz CT molecular complexity index is 286. The van der Waals surface area contributed by atoms with Crippen molar-refractivity contribution in [3.8, 4) is 0 Å². The van der Waals surface area contributed by atoms with Crippen LogP contribution in [0.5, 0.6) is 0 Å². The average Bonchev–Trinajstić information content (AvgIpc) is 2.72. The van der Waals surface area contributed by atoms with Crippen LogP contribution in [0.15, 0.2) is 16.5 Å². The minimum Gasteiger partial charge on any atom is -0.462 e. The molecule has 0 bridgehead atoms. The quantitative estimate of drug-likeness (QED) is 0.709. The summed E-state index contributed by atoms with van der Waals surface area (Å²) in [7, 11) is 1.65. The number of aliphatic hydroxyl groups excluding tert-OH is 1. The van der Waals surface area contributed by atoms with E-state index in [1.807, 2.05) is 12.1 Å². The minimum absolute atomic E-state index is 0.255. The summed E-state index contributed by atoms with van der Waals surface area (Å²) in [6.07, 6.45) is 1.81. The third-order valence-electron chi connectivity index (χ3n) is 2.42. The van der Waals surface area contributed by atoms with Crippen LogP contribution < -0.4 is 5.32 Å². The molecule has 4 nitrogen and oxygen atoms in total. The number of hydrogen-bond donors (Lipinski definition) is 2. The minimum atomic E-state index is 0.255. The van der Waals surface area contributed by atoms with Gasteiger partial charge >= 0.3 is 0 Å². The molecule has 1 rings (SSSR count). The smallest absolute Gasteiger partial charge is 0.129 e. The predicted molar refractivity (Wildman–Crippen MR) is 62.0 cm³/mol. The van der Waals surface area contributed by atoms with Gasteiger partial charge in [0.1, 0.15) is 18.1 Å². The van der Waals surface area contributed by atoms with Gasteiger partial charge in [-0.15, -0.1) is 0 Å². The van der Waals surface area contributed by atoms with Gasteiger partial charge in [0.2, 0.25) is 0 Å². The van der Waals surface area contributed by atoms with Gasteiger partial charge < -0.3 is 19.6 Å². The summed E-state index contributed by atoms with van der Waals surface area (Å²) >= 11 is 0. The molecule has 0 aliphatic carbocycles. The second-order valence-corrected chi connectivity index (χ2v) is 3.95. The Hall–Kier alpha value is -0.840. The number of aliphatic hydroxyl groups is 1. The van der Waals surface area contributed by atoms with E-state index < -0.39 is 0 Å². The number of furan rings is 1. The first kappa shape index (κ1) is 13.2. The van der Waals surface area contributed by atoms with E-state index in [-0.39, 0.29) is 6.61 Å². The second-order valence-electron chi connectivity index (χ2n) is 3.95. The molecule has 2 N–H and O–H groups in total. The van der Waals surface area contributed by atoms with Crippen LogP contribution in [0.2, 0.25) is 0 Å². The van der Waals surface area contributed by atoms with Crippen LogP contribution in [0.3, 0.4) is 0 Å². The summed E-state index contributed by atoms with van der Waals surface area (Å²) < 4.78 is 10.5. The van der Waals surface area contributed by atoms with Gasteiger partial charge in [-0.25, -0.2) is 0 Å². The van der Waals surface area contributed by atoms with Crippen molar-refractivity contribution in [1.29, 1.82) is 0 Å². The van der Waals surface area contributed by atoms with Crippen LogP contribution in [0, 0.1) is 0 Å². The maximum Gasteiger partial charge on any atom is 0.129 e. The Balaban J connectivity index is 2.25. The van der Waals surface area contributed by atoms with E-state index in [1.165, 1.54) is 0 Å². The number of nitrogens with one attached hydrogen (secondary N) is 1. The van der Waals surface area contributed by atoms with Crippen LogP contribution in [0.25, 0.3) is 0 Å². The highest BCUT2D eigenvalue weighted by Crippen LogP contribution is 2.09. The van der Waals surface area contributed by atoms with E-state index in [0.717, 1.165) is 30.9 Å². The van der Waals surface area contributed by atoms with Crippen molar-refractivity contribution in [3.63, 3.8) is 0 Å². The Kier molecular flexibility index (Phi) is 6.15. The van der Waals surface area contributed by atoms with Gasteiger partial charge in [-0.2, -0.15) is 0 Å². The topological polar surface area (TPSA) is 54.6 Å². The molecule has 92 valence electrons. The molecule has 1 aromatic heterocycles. The molecule has 4 heteroatoms. The van der Waals surface area contributed by atoms with Crippen molar-refractivity contribution in [2.75, 3.05) is 13.7 Å². The third-order valence-corrected chi connectivity index (χ3v) is 2.42. The summed E-state index contributed by atoms with van der Waals surface area (Å²) in [5, 5.41) is 12.0. The zero-order chi connectivity index (χ0) is 11.8. The molecular formula is C12H21NO3. The molecule has 0 saturated carbocycles. The lowest BCUT2D eigenvalue weighted by atomic mass is 10.2. The molecule has 0 aliphatic heterocycles. The fourth-order valence-electron chi connectivity index (χ4n) is 1.51. The monoisotopic (exact) mass is 227 g/mol. The Morgan fingerprint density at radius 3 is 2.88 bits per heavy atom. The van der Waals surface area contributed by atoms with Crippen LogP contribution >= 0.6 is 0 Å². The van der Waals surface area contributed by atoms with Gasteiger partial charge in [0.05, 0.1) is 6.54 Å². The van der Waals surface area contributed by atoms with Gasteiger partial charge in [-0.3, -0.25) is 0 Å². The lowest BCUT2D eigenvalue weighted by Gasteiger charge is -2.11. The number of rotatable bonds is 8. The van der Waals surface area contributed by atoms with Crippen LogP contribution in [-0.2, 0) is 17.9 Å². The predicted octanol–water partition coefficient (Wildman–Crippen LogP) is 1.68. The normalized spacial score (nSPS) is 12.9. The Morgan fingerprint density at radius 2 is 2.19 bits per heavy atom. The van der Waals surface area contributed by atoms with Crippen LogP contribution in [0.1, 0.15) is 31.3 Å². The lowest BCUT2D eigenvalue weighted by Crippen LogP contribution is -2.25. The van der Waals surface area contributed by atoms with E-state index >= 15 is 0 Å². The molecule has 0 saturated heterocycles. The van der Waals surface area contributed by atoms with Gasteiger partial charge in [0, 0.05) is 19.8 Å². The lowest BCUT2D eigenvalue weighted by molar-refractivity contribution is 0.162. The first-order valence-electron chi connectivity index (χ1n) is 5.67. The Morgan fingerprint density at radius 1 is 1.44 bits per heavy atom. The van der Waals surface area contributed by atoms with Crippen molar-refractivity contribution >= 4 is 0 Å². The summed E-state index contributed by atoms with van der Waals surface area (Å²) in [6, 6.07) is 4.28. The van der Waals surface area contributed by atoms with Crippen molar-refractivity contribution in [2.24, 2.45) is 0 Å². The molecular weight excluding hydrogens is 206 g/mol. The summed E-state index contributed by atoms with van der Waals surface area (Å²) in [4.78, 5) is 0. The standard InChI is InChI=1S/C12H21NO3/c1-10(4-3-7-14)13-8-11-5-6-12(16-11)9-15-2/h5-6,10,13-14H,3-4,7-9H2,1-2H3. The molecule has 1 aromatic rings. The number of ether oxygens (including phenoxy) is 1. The highest BCUT2D eigenvalue weighted by molar-refractivity contribution is 5.06. The highest BCUT2D eigenvalue weighted by Gasteiger charge is 2.04. The van der Waals surface area contributed by atoms with E-state index in [9.17, 15) is 0 Å². The maximum atomic E-state index is 8.70. The molecule has 0 radical (unpaired) electrons. The molecule has 0 aromatic carbocycles. The molecule has 0 spiro atoms. The fourth-order valence-corrected chi connectivity index (χ4v) is 1.51. The van der Waals surface area contributed by atoms with Crippen molar-refractivity contribution in [1.82, 2.24) is 5.32 Å². The zero-order valence-electron chi connectivity index (χ0n) is 10.0. The molecule has 1 unspecified atom stereocenters. The van der Waals surface area contributed by atoms with E-state index in [0.29, 0.717) is 12.6 Å². The van der Waals surface area contributed by atoms with Crippen molar-refractivity contribution in [3.05, 3.63) is 23.7 Å². The highest BCUT2D eigenvalue weighted by atomic mass is 16.5. The fraction of sp³-hybridized carbons (Fsp3) is 0.667. The van der Waals surface area contributed by atoms with Crippen molar-refractivity contribution in [2.45, 2.75) is 39.0 Å². The second kappa shape index (κ2) is 7.44. The molecule has 0 aliphatic rings. The molecule has 1 heterocycles. The third kappa shape index (κ3) is 4.79. The first-order chi connectivity index (χ1) is 7.76. The summed E-state index contributed by atoms with van der Waals surface area (Å²) in [5.41, 5.74) is 0. The largest absolute Gasteiger partial charge is 0.462 e. The molecule has 0 amide bonds. The molecule has 0 fully saturated rings. The summed E-state index contributed by atoms with van der Waals surface area (Å²) in [6.45, 7) is 3.59. The van der Waals surface area contributed by atoms with Crippen LogP contribution in [-0.4, -0.2) is 24.9 Å². The molecule has 16 heavy (non-hydrogen) atoms. The van der Waals surface area contributed by atoms with E-state index in [1.54, 1.807) is 7.11 Å². The average molecular weight is 227 g/mol. The number of hydrogen-bond acceptors (Lipinski definition) is 4. The maximum absolute atomic E-state index is 8.70. The first-order valence-corrected chi connectivity index (χ1v) is 5.67. The SMILES string of the molecule is COCc1ccc(CNC(C)CCCO)o1. The molecule has 1 atom stereocenters. The zero-order valence-corrected chi connectivity index (χ0v) is 10.0. The number of methoxy groups -OCH3 is 1. The van der Waals surface area contributed by atoms with Gasteiger partial charge in [-0.1, -0.05) is 0 Å².